The van der Waals surface area contributed by atoms with Gasteiger partial charge in [-0.05, 0) is 26.3 Å². The SMILES string of the molecule is CCC(C(=O)OC)c1ccccc1OC(C)C. The molecular formula is C14H20O3. The van der Waals surface area contributed by atoms with Crippen molar-refractivity contribution in [2.24, 2.45) is 0 Å². The molecule has 0 fully saturated rings. The number of carbonyl (C=O) groups excluding carboxylic acids is 1. The van der Waals surface area contributed by atoms with Gasteiger partial charge >= 0.3 is 5.97 Å². The van der Waals surface area contributed by atoms with Crippen molar-refractivity contribution in [1.29, 1.82) is 0 Å². The van der Waals surface area contributed by atoms with Gasteiger partial charge in [-0.15, -0.1) is 0 Å². The summed E-state index contributed by atoms with van der Waals surface area (Å²) in [7, 11) is 1.41. The zero-order valence-corrected chi connectivity index (χ0v) is 10.9. The fourth-order valence-electron chi connectivity index (χ4n) is 1.79. The summed E-state index contributed by atoms with van der Waals surface area (Å²) in [6.07, 6.45) is 0.789. The number of rotatable bonds is 5. The zero-order valence-electron chi connectivity index (χ0n) is 10.9. The Bertz CT molecular complexity index is 371. The fraction of sp³-hybridized carbons (Fsp3) is 0.500. The van der Waals surface area contributed by atoms with E-state index < -0.39 is 0 Å². The van der Waals surface area contributed by atoms with Crippen LogP contribution in [0.4, 0.5) is 0 Å². The number of carbonyl (C=O) groups is 1. The smallest absolute Gasteiger partial charge is 0.313 e. The summed E-state index contributed by atoms with van der Waals surface area (Å²) in [6.45, 7) is 5.90. The van der Waals surface area contributed by atoms with Gasteiger partial charge in [-0.3, -0.25) is 4.79 Å². The highest BCUT2D eigenvalue weighted by atomic mass is 16.5. The Labute approximate surface area is 103 Å². The van der Waals surface area contributed by atoms with Crippen LogP contribution < -0.4 is 4.74 Å². The summed E-state index contributed by atoms with van der Waals surface area (Å²) in [6, 6.07) is 7.63. The minimum atomic E-state index is -0.255. The largest absolute Gasteiger partial charge is 0.491 e. The second-order valence-corrected chi connectivity index (χ2v) is 4.19. The highest BCUT2D eigenvalue weighted by Crippen LogP contribution is 2.30. The van der Waals surface area contributed by atoms with E-state index in [4.69, 9.17) is 9.47 Å². The molecule has 0 radical (unpaired) electrons. The van der Waals surface area contributed by atoms with Crippen LogP contribution in [0.3, 0.4) is 0 Å². The molecule has 3 heteroatoms. The van der Waals surface area contributed by atoms with Crippen LogP contribution in [0.1, 0.15) is 38.7 Å². The predicted octanol–water partition coefficient (Wildman–Crippen LogP) is 3.14. The minimum absolute atomic E-state index is 0.0892. The van der Waals surface area contributed by atoms with Gasteiger partial charge in [0.1, 0.15) is 5.75 Å². The Morgan fingerprint density at radius 1 is 1.29 bits per heavy atom. The van der Waals surface area contributed by atoms with Gasteiger partial charge in [0.2, 0.25) is 0 Å². The zero-order chi connectivity index (χ0) is 12.8. The molecule has 1 atom stereocenters. The summed E-state index contributed by atoms with van der Waals surface area (Å²) in [5.74, 6) is 0.294. The summed E-state index contributed by atoms with van der Waals surface area (Å²) in [5, 5.41) is 0. The number of para-hydroxylation sites is 1. The van der Waals surface area contributed by atoms with Gasteiger partial charge in [-0.1, -0.05) is 25.1 Å². The van der Waals surface area contributed by atoms with E-state index in [0.717, 1.165) is 11.3 Å². The topological polar surface area (TPSA) is 35.5 Å². The van der Waals surface area contributed by atoms with Crippen LogP contribution in [0, 0.1) is 0 Å². The molecule has 0 saturated heterocycles. The standard InChI is InChI=1S/C14H20O3/c1-5-11(14(15)16-4)12-8-6-7-9-13(12)17-10(2)3/h6-11H,5H2,1-4H3. The van der Waals surface area contributed by atoms with Crippen LogP contribution in [0.5, 0.6) is 5.75 Å². The second-order valence-electron chi connectivity index (χ2n) is 4.19. The summed E-state index contributed by atoms with van der Waals surface area (Å²) < 4.78 is 10.5. The third-order valence-corrected chi connectivity index (χ3v) is 2.55. The molecule has 0 heterocycles. The Morgan fingerprint density at radius 3 is 2.47 bits per heavy atom. The molecule has 0 spiro atoms. The number of hydrogen-bond donors (Lipinski definition) is 0. The number of methoxy groups -OCH3 is 1. The van der Waals surface area contributed by atoms with Crippen LogP contribution >= 0.6 is 0 Å². The first-order valence-electron chi connectivity index (χ1n) is 5.93. The maximum atomic E-state index is 11.7. The Morgan fingerprint density at radius 2 is 1.94 bits per heavy atom. The van der Waals surface area contributed by atoms with Crippen molar-refractivity contribution in [3.63, 3.8) is 0 Å². The summed E-state index contributed by atoms with van der Waals surface area (Å²) >= 11 is 0. The van der Waals surface area contributed by atoms with Crippen LogP contribution in [-0.4, -0.2) is 19.2 Å². The molecule has 0 aliphatic heterocycles. The van der Waals surface area contributed by atoms with E-state index in [-0.39, 0.29) is 18.0 Å². The number of ether oxygens (including phenoxy) is 2. The first kappa shape index (κ1) is 13.6. The fourth-order valence-corrected chi connectivity index (χ4v) is 1.79. The van der Waals surface area contributed by atoms with Gasteiger partial charge < -0.3 is 9.47 Å². The lowest BCUT2D eigenvalue weighted by molar-refractivity contribution is -0.142. The average Bonchev–Trinajstić information content (AvgIpc) is 2.31. The third-order valence-electron chi connectivity index (χ3n) is 2.55. The van der Waals surface area contributed by atoms with Crippen molar-refractivity contribution in [3.05, 3.63) is 29.8 Å². The maximum Gasteiger partial charge on any atom is 0.313 e. The monoisotopic (exact) mass is 236 g/mol. The summed E-state index contributed by atoms with van der Waals surface area (Å²) in [5.41, 5.74) is 0.899. The van der Waals surface area contributed by atoms with Crippen molar-refractivity contribution < 1.29 is 14.3 Å². The normalized spacial score (nSPS) is 12.3. The van der Waals surface area contributed by atoms with E-state index in [2.05, 4.69) is 0 Å². The van der Waals surface area contributed by atoms with E-state index in [9.17, 15) is 4.79 Å². The lowest BCUT2D eigenvalue weighted by Crippen LogP contribution is -2.16. The van der Waals surface area contributed by atoms with E-state index >= 15 is 0 Å². The van der Waals surface area contributed by atoms with Crippen LogP contribution in [0.25, 0.3) is 0 Å². The first-order valence-corrected chi connectivity index (χ1v) is 5.93. The molecule has 1 aromatic carbocycles. The molecule has 17 heavy (non-hydrogen) atoms. The molecular weight excluding hydrogens is 216 g/mol. The predicted molar refractivity (Wildman–Crippen MR) is 67.3 cm³/mol. The highest BCUT2D eigenvalue weighted by molar-refractivity contribution is 5.79. The van der Waals surface area contributed by atoms with Crippen molar-refractivity contribution in [2.75, 3.05) is 7.11 Å². The average molecular weight is 236 g/mol. The lowest BCUT2D eigenvalue weighted by atomic mass is 9.95. The van der Waals surface area contributed by atoms with E-state index in [1.807, 2.05) is 45.0 Å². The molecule has 94 valence electrons. The van der Waals surface area contributed by atoms with Gasteiger partial charge in [0.05, 0.1) is 19.1 Å². The van der Waals surface area contributed by atoms with E-state index in [1.165, 1.54) is 7.11 Å². The van der Waals surface area contributed by atoms with Crippen LogP contribution in [0.15, 0.2) is 24.3 Å². The maximum absolute atomic E-state index is 11.7. The van der Waals surface area contributed by atoms with E-state index in [1.54, 1.807) is 0 Å². The van der Waals surface area contributed by atoms with Crippen molar-refractivity contribution in [3.8, 4) is 5.75 Å². The van der Waals surface area contributed by atoms with Crippen LogP contribution in [-0.2, 0) is 9.53 Å². The summed E-state index contributed by atoms with van der Waals surface area (Å²) in [4.78, 5) is 11.7. The molecule has 3 nitrogen and oxygen atoms in total. The van der Waals surface area contributed by atoms with E-state index in [0.29, 0.717) is 6.42 Å². The van der Waals surface area contributed by atoms with Crippen LogP contribution in [0.2, 0.25) is 0 Å². The Kier molecular flexibility index (Phi) is 5.01. The molecule has 1 aromatic rings. The molecule has 0 aliphatic rings. The molecule has 1 unspecified atom stereocenters. The highest BCUT2D eigenvalue weighted by Gasteiger charge is 2.22. The van der Waals surface area contributed by atoms with Gasteiger partial charge in [0, 0.05) is 5.56 Å². The second kappa shape index (κ2) is 6.28. The number of benzene rings is 1. The Balaban J connectivity index is 3.05. The third kappa shape index (κ3) is 3.48. The number of hydrogen-bond acceptors (Lipinski definition) is 3. The minimum Gasteiger partial charge on any atom is -0.491 e. The van der Waals surface area contributed by atoms with Gasteiger partial charge in [0.25, 0.3) is 0 Å². The lowest BCUT2D eigenvalue weighted by Gasteiger charge is -2.19. The molecule has 0 amide bonds. The van der Waals surface area contributed by atoms with Crippen molar-refractivity contribution in [2.45, 2.75) is 39.2 Å². The molecule has 0 saturated carbocycles. The molecule has 0 N–H and O–H groups in total. The molecule has 0 bridgehead atoms. The van der Waals surface area contributed by atoms with Gasteiger partial charge in [-0.2, -0.15) is 0 Å². The number of esters is 1. The Hall–Kier alpha value is -1.51. The van der Waals surface area contributed by atoms with Crippen molar-refractivity contribution in [1.82, 2.24) is 0 Å². The molecule has 1 rings (SSSR count). The van der Waals surface area contributed by atoms with Crippen molar-refractivity contribution >= 4 is 5.97 Å². The van der Waals surface area contributed by atoms with Gasteiger partial charge in [0.15, 0.2) is 0 Å². The first-order chi connectivity index (χ1) is 8.10. The molecule has 0 aromatic heterocycles. The van der Waals surface area contributed by atoms with Gasteiger partial charge in [-0.25, -0.2) is 0 Å². The quantitative estimate of drug-likeness (QED) is 0.737. The molecule has 0 aliphatic carbocycles.